The van der Waals surface area contributed by atoms with Gasteiger partial charge in [0.15, 0.2) is 6.10 Å². The Hall–Kier alpha value is -4.64. The fourth-order valence-electron chi connectivity index (χ4n) is 6.63. The fourth-order valence-corrected chi connectivity index (χ4v) is 7.41. The van der Waals surface area contributed by atoms with Crippen molar-refractivity contribution in [2.24, 2.45) is 0 Å². The lowest BCUT2D eigenvalue weighted by Crippen LogP contribution is -2.30. The molecule has 0 saturated heterocycles. The summed E-state index contributed by atoms with van der Waals surface area (Å²) in [7, 11) is -4.80. The van der Waals surface area contributed by atoms with Crippen LogP contribution in [0.2, 0.25) is 0 Å². The van der Waals surface area contributed by atoms with E-state index >= 15 is 0 Å². The van der Waals surface area contributed by atoms with Gasteiger partial charge in [0.2, 0.25) is 0 Å². The molecule has 0 amide bonds. The summed E-state index contributed by atoms with van der Waals surface area (Å²) in [6, 6.07) is 0. The van der Waals surface area contributed by atoms with Gasteiger partial charge in [-0.2, -0.15) is 0 Å². The molecule has 0 rings (SSSR count). The summed E-state index contributed by atoms with van der Waals surface area (Å²) in [6.45, 7) is 4.14. The number of carbonyl (C=O) groups excluding carboxylic acids is 3. The lowest BCUT2D eigenvalue weighted by atomic mass is 10.1. The number of hydrogen-bond donors (Lipinski definition) is 2. The second-order valence-corrected chi connectivity index (χ2v) is 19.1. The van der Waals surface area contributed by atoms with Crippen molar-refractivity contribution in [3.8, 4) is 0 Å². The summed E-state index contributed by atoms with van der Waals surface area (Å²) >= 11 is 0. The van der Waals surface area contributed by atoms with E-state index in [-0.39, 0.29) is 19.3 Å². The van der Waals surface area contributed by atoms with Gasteiger partial charge in [-0.3, -0.25) is 23.4 Å². The SMILES string of the molecule is CC/C=C\C/C=C\C/C=C\C/C=C\C/C=C\CC(=O)OC(COC(=O)CCCCCCCC/C=C\C/C=C\C/C=C\CCCCC)COP(=O)(O)OCC(CO)OC(=O)CC/C=C\C/C=C\C/C=C\C/C=C\CC. The minimum absolute atomic E-state index is 0.0399. The minimum atomic E-state index is -4.80. The predicted molar refractivity (Wildman–Crippen MR) is 306 cm³/mol. The smallest absolute Gasteiger partial charge is 0.462 e. The van der Waals surface area contributed by atoms with Crippen LogP contribution in [0.15, 0.2) is 146 Å². The van der Waals surface area contributed by atoms with Crippen molar-refractivity contribution in [2.75, 3.05) is 26.4 Å². The third kappa shape index (κ3) is 52.2. The maximum atomic E-state index is 12.9. The van der Waals surface area contributed by atoms with Crippen LogP contribution in [-0.2, 0) is 42.2 Å². The van der Waals surface area contributed by atoms with Gasteiger partial charge >= 0.3 is 25.7 Å². The molecule has 0 heterocycles. The van der Waals surface area contributed by atoms with E-state index in [9.17, 15) is 28.9 Å². The van der Waals surface area contributed by atoms with Crippen LogP contribution >= 0.6 is 7.82 Å². The van der Waals surface area contributed by atoms with Crippen LogP contribution in [-0.4, -0.2) is 66.5 Å². The maximum Gasteiger partial charge on any atom is 0.472 e. The molecule has 0 aliphatic rings. The van der Waals surface area contributed by atoms with Crippen molar-refractivity contribution in [3.63, 3.8) is 0 Å². The summed E-state index contributed by atoms with van der Waals surface area (Å²) in [6.07, 6.45) is 70.0. The quantitative estimate of drug-likeness (QED) is 0.0197. The number of esters is 3. The van der Waals surface area contributed by atoms with E-state index in [2.05, 4.69) is 124 Å². The number of carbonyl (C=O) groups is 3. The molecule has 0 fully saturated rings. The molecule has 0 saturated carbocycles. The van der Waals surface area contributed by atoms with Crippen molar-refractivity contribution < 1.29 is 52.2 Å². The van der Waals surface area contributed by atoms with Gasteiger partial charge in [-0.15, -0.1) is 0 Å². The Labute approximate surface area is 448 Å². The van der Waals surface area contributed by atoms with E-state index in [1.165, 1.54) is 25.7 Å². The molecule has 0 aliphatic carbocycles. The first-order valence-electron chi connectivity index (χ1n) is 27.7. The van der Waals surface area contributed by atoms with Crippen molar-refractivity contribution in [3.05, 3.63) is 146 Å². The van der Waals surface area contributed by atoms with Crippen molar-refractivity contribution in [1.29, 1.82) is 0 Å². The number of aliphatic hydroxyl groups is 1. The van der Waals surface area contributed by atoms with Gasteiger partial charge in [-0.05, 0) is 109 Å². The van der Waals surface area contributed by atoms with Gasteiger partial charge in [0.05, 0.1) is 26.2 Å². The summed E-state index contributed by atoms with van der Waals surface area (Å²) in [5.74, 6) is -1.74. The topological polar surface area (TPSA) is 155 Å². The Morgan fingerprint density at radius 3 is 1.24 bits per heavy atom. The van der Waals surface area contributed by atoms with Gasteiger partial charge < -0.3 is 24.2 Å². The van der Waals surface area contributed by atoms with Crippen molar-refractivity contribution in [2.45, 2.75) is 200 Å². The standard InChI is InChI=1S/C62H97O11P/c1-4-7-10-13-16-19-22-25-27-28-29-30-32-34-36-39-42-45-48-51-60(64)69-55-59(73-62(66)53-50-47-44-41-38-35-31-26-23-20-17-14-11-8-5-2)57-71-74(67,68)70-56-58(54-63)72-61(65)52-49-46-43-40-37-33-24-21-18-15-12-9-6-3/h8-9,11-12,16-21,25-27,29-31,33,37-38,41,43,46-47,50,58-59,63H,4-7,10,13-15,22-24,28,32,34-36,39-40,42,44-45,48-49,51-57H2,1-3H3,(H,67,68)/b11-8-,12-9-,19-16-,20-17-,21-18-,27-25-,30-29-,31-26-,37-33-,41-38-,46-43-,50-47-. The summed E-state index contributed by atoms with van der Waals surface area (Å²) in [5, 5.41) is 9.78. The molecule has 2 N–H and O–H groups in total. The van der Waals surface area contributed by atoms with Crippen LogP contribution in [0.4, 0.5) is 0 Å². The van der Waals surface area contributed by atoms with E-state index in [0.717, 1.165) is 103 Å². The number of unbranched alkanes of at least 4 members (excludes halogenated alkanes) is 9. The number of hydrogen-bond acceptors (Lipinski definition) is 10. The van der Waals surface area contributed by atoms with Crippen LogP contribution in [0.3, 0.4) is 0 Å². The second kappa shape index (κ2) is 54.6. The Morgan fingerprint density at radius 1 is 0.405 bits per heavy atom. The first-order valence-corrected chi connectivity index (χ1v) is 29.2. The molecule has 3 atom stereocenters. The number of phosphoric acid groups is 1. The number of aliphatic hydroxyl groups excluding tert-OH is 1. The van der Waals surface area contributed by atoms with E-state index < -0.39 is 64.4 Å². The normalized spacial score (nSPS) is 14.5. The first kappa shape index (κ1) is 69.4. The molecular formula is C62H97O11P. The highest BCUT2D eigenvalue weighted by Crippen LogP contribution is 2.43. The van der Waals surface area contributed by atoms with Crippen LogP contribution in [0.25, 0.3) is 0 Å². The number of allylic oxidation sites excluding steroid dienone is 23. The molecule has 0 radical (unpaired) electrons. The van der Waals surface area contributed by atoms with E-state index in [0.29, 0.717) is 19.3 Å². The molecule has 0 aromatic carbocycles. The molecule has 11 nitrogen and oxygen atoms in total. The lowest BCUT2D eigenvalue weighted by Gasteiger charge is -2.21. The second-order valence-electron chi connectivity index (χ2n) is 17.6. The van der Waals surface area contributed by atoms with Gasteiger partial charge in [0.1, 0.15) is 12.7 Å². The molecular weight excluding hydrogens is 952 g/mol. The molecule has 74 heavy (non-hydrogen) atoms. The number of phosphoric ester groups is 1. The Kier molecular flexibility index (Phi) is 51.2. The minimum Gasteiger partial charge on any atom is -0.462 e. The van der Waals surface area contributed by atoms with Crippen LogP contribution < -0.4 is 0 Å². The Morgan fingerprint density at radius 2 is 0.784 bits per heavy atom. The summed E-state index contributed by atoms with van der Waals surface area (Å²) < 4.78 is 39.2. The third-order valence-electron chi connectivity index (χ3n) is 10.8. The highest BCUT2D eigenvalue weighted by molar-refractivity contribution is 7.47. The zero-order valence-corrected chi connectivity index (χ0v) is 46.6. The van der Waals surface area contributed by atoms with Crippen molar-refractivity contribution >= 4 is 25.7 Å². The van der Waals surface area contributed by atoms with E-state index in [1.807, 2.05) is 36.5 Å². The molecule has 0 aliphatic heterocycles. The summed E-state index contributed by atoms with van der Waals surface area (Å²) in [5.41, 5.74) is 0. The van der Waals surface area contributed by atoms with Crippen LogP contribution in [0, 0.1) is 0 Å². The van der Waals surface area contributed by atoms with Gasteiger partial charge in [-0.1, -0.05) is 205 Å². The highest BCUT2D eigenvalue weighted by Gasteiger charge is 2.28. The van der Waals surface area contributed by atoms with Crippen LogP contribution in [0.1, 0.15) is 188 Å². The molecule has 0 aromatic rings. The molecule has 12 heteroatoms. The molecule has 3 unspecified atom stereocenters. The average Bonchev–Trinajstić information content (AvgIpc) is 3.39. The van der Waals surface area contributed by atoms with Gasteiger partial charge in [0, 0.05) is 12.8 Å². The molecule has 0 bridgehead atoms. The zero-order valence-electron chi connectivity index (χ0n) is 45.7. The zero-order chi connectivity index (χ0) is 54.1. The first-order chi connectivity index (χ1) is 36.2. The number of ether oxygens (including phenoxy) is 3. The highest BCUT2D eigenvalue weighted by atomic mass is 31.2. The third-order valence-corrected chi connectivity index (χ3v) is 11.7. The average molecular weight is 1050 g/mol. The Balaban J connectivity index is 4.93. The van der Waals surface area contributed by atoms with Crippen molar-refractivity contribution in [1.82, 2.24) is 0 Å². The summed E-state index contributed by atoms with van der Waals surface area (Å²) in [4.78, 5) is 48.4. The Bertz CT molecular complexity index is 1800. The van der Waals surface area contributed by atoms with E-state index in [1.54, 1.807) is 6.08 Å². The monoisotopic (exact) mass is 1050 g/mol. The maximum absolute atomic E-state index is 12.9. The molecule has 416 valence electrons. The van der Waals surface area contributed by atoms with E-state index in [4.69, 9.17) is 23.3 Å². The molecule has 0 spiro atoms. The van der Waals surface area contributed by atoms with Crippen LogP contribution in [0.5, 0.6) is 0 Å². The molecule has 0 aromatic heterocycles. The van der Waals surface area contributed by atoms with Gasteiger partial charge in [0.25, 0.3) is 0 Å². The number of rotatable bonds is 49. The fraction of sp³-hybridized carbons (Fsp3) is 0.565. The van der Waals surface area contributed by atoms with Gasteiger partial charge in [-0.25, -0.2) is 4.57 Å². The largest absolute Gasteiger partial charge is 0.472 e. The predicted octanol–water partition coefficient (Wildman–Crippen LogP) is 16.4. The lowest BCUT2D eigenvalue weighted by molar-refractivity contribution is -0.160.